The van der Waals surface area contributed by atoms with E-state index in [0.29, 0.717) is 0 Å². The number of hydrogen-bond donors (Lipinski definition) is 1. The summed E-state index contributed by atoms with van der Waals surface area (Å²) in [5.74, 6) is 0.881. The molecule has 0 radical (unpaired) electrons. The molecule has 5 heteroatoms. The Bertz CT molecular complexity index is 313. The van der Waals surface area contributed by atoms with Gasteiger partial charge >= 0.3 is 0 Å². The lowest BCUT2D eigenvalue weighted by Gasteiger charge is -2.34. The molecule has 0 saturated carbocycles. The third kappa shape index (κ3) is 2.06. The van der Waals surface area contributed by atoms with Gasteiger partial charge in [0, 0.05) is 19.1 Å². The van der Waals surface area contributed by atoms with E-state index in [1.807, 2.05) is 5.51 Å². The summed E-state index contributed by atoms with van der Waals surface area (Å²) in [4.78, 5) is 2.38. The average molecular weight is 238 g/mol. The molecule has 1 aromatic heterocycles. The molecule has 0 amide bonds. The van der Waals surface area contributed by atoms with Gasteiger partial charge < -0.3 is 10.2 Å². The molecular formula is C11H18N4S. The van der Waals surface area contributed by atoms with E-state index in [2.05, 4.69) is 20.4 Å². The van der Waals surface area contributed by atoms with E-state index >= 15 is 0 Å². The molecular weight excluding hydrogens is 220 g/mol. The summed E-state index contributed by atoms with van der Waals surface area (Å²) in [6.45, 7) is 3.53. The van der Waals surface area contributed by atoms with Gasteiger partial charge in [-0.1, -0.05) is 11.3 Å². The molecule has 0 spiro atoms. The van der Waals surface area contributed by atoms with Crippen molar-refractivity contribution < 1.29 is 0 Å². The van der Waals surface area contributed by atoms with Crippen molar-refractivity contribution in [3.8, 4) is 0 Å². The lowest BCUT2D eigenvalue weighted by atomic mass is 9.89. The fourth-order valence-corrected chi connectivity index (χ4v) is 3.53. The largest absolute Gasteiger partial charge is 0.347 e. The third-order valence-electron chi connectivity index (χ3n) is 3.83. The smallest absolute Gasteiger partial charge is 0.208 e. The fraction of sp³-hybridized carbons (Fsp3) is 0.818. The van der Waals surface area contributed by atoms with Crippen molar-refractivity contribution in [3.05, 3.63) is 5.51 Å². The molecule has 1 N–H and O–H groups in total. The van der Waals surface area contributed by atoms with Crippen LogP contribution in [-0.4, -0.2) is 35.9 Å². The minimum atomic E-state index is 0.788. The molecule has 88 valence electrons. The number of rotatable bonds is 2. The van der Waals surface area contributed by atoms with Gasteiger partial charge in [0.15, 0.2) is 0 Å². The molecule has 1 unspecified atom stereocenters. The number of hydrogen-bond acceptors (Lipinski definition) is 5. The van der Waals surface area contributed by atoms with Gasteiger partial charge in [0.1, 0.15) is 5.51 Å². The first kappa shape index (κ1) is 10.5. The monoisotopic (exact) mass is 238 g/mol. The Morgan fingerprint density at radius 1 is 1.31 bits per heavy atom. The van der Waals surface area contributed by atoms with E-state index in [9.17, 15) is 0 Å². The first-order chi connectivity index (χ1) is 7.93. The molecule has 2 fully saturated rings. The summed E-state index contributed by atoms with van der Waals surface area (Å²) in [5.41, 5.74) is 1.82. The normalized spacial score (nSPS) is 27.5. The number of anilines is 1. The van der Waals surface area contributed by atoms with Crippen molar-refractivity contribution in [1.82, 2.24) is 15.5 Å². The van der Waals surface area contributed by atoms with E-state index in [1.54, 1.807) is 11.3 Å². The van der Waals surface area contributed by atoms with Crippen molar-refractivity contribution in [1.29, 1.82) is 0 Å². The lowest BCUT2D eigenvalue weighted by Crippen LogP contribution is -2.40. The van der Waals surface area contributed by atoms with Crippen molar-refractivity contribution >= 4 is 16.5 Å². The van der Waals surface area contributed by atoms with Crippen molar-refractivity contribution in [2.24, 2.45) is 5.92 Å². The number of aromatic nitrogens is 2. The fourth-order valence-electron chi connectivity index (χ4n) is 2.91. The summed E-state index contributed by atoms with van der Waals surface area (Å²) in [6, 6.07) is 0.788. The molecule has 0 aliphatic carbocycles. The lowest BCUT2D eigenvalue weighted by molar-refractivity contribution is 0.319. The predicted octanol–water partition coefficient (Wildman–Crippen LogP) is 1.51. The molecule has 3 heterocycles. The second-order valence-corrected chi connectivity index (χ2v) is 5.56. The highest BCUT2D eigenvalue weighted by atomic mass is 32.1. The zero-order chi connectivity index (χ0) is 10.8. The predicted molar refractivity (Wildman–Crippen MR) is 65.9 cm³/mol. The van der Waals surface area contributed by atoms with Crippen LogP contribution >= 0.6 is 11.3 Å². The van der Waals surface area contributed by atoms with Crippen LogP contribution in [0.2, 0.25) is 0 Å². The SMILES string of the molecule is c1nnc(N2CCC(C3CCCN3)CC2)s1. The van der Waals surface area contributed by atoms with Crippen LogP contribution in [0.1, 0.15) is 25.7 Å². The molecule has 1 aromatic rings. The van der Waals surface area contributed by atoms with Crippen LogP contribution < -0.4 is 10.2 Å². The maximum atomic E-state index is 4.14. The van der Waals surface area contributed by atoms with Gasteiger partial charge in [-0.15, -0.1) is 10.2 Å². The second kappa shape index (κ2) is 4.67. The zero-order valence-corrected chi connectivity index (χ0v) is 10.2. The Kier molecular flexibility index (Phi) is 3.06. The van der Waals surface area contributed by atoms with Gasteiger partial charge in [0.25, 0.3) is 0 Å². The van der Waals surface area contributed by atoms with Gasteiger partial charge in [0.2, 0.25) is 5.13 Å². The molecule has 3 rings (SSSR count). The third-order valence-corrected chi connectivity index (χ3v) is 4.58. The summed E-state index contributed by atoms with van der Waals surface area (Å²) in [7, 11) is 0. The van der Waals surface area contributed by atoms with Crippen molar-refractivity contribution in [3.63, 3.8) is 0 Å². The van der Waals surface area contributed by atoms with Gasteiger partial charge in [-0.3, -0.25) is 0 Å². The molecule has 16 heavy (non-hydrogen) atoms. The Hall–Kier alpha value is -0.680. The summed E-state index contributed by atoms with van der Waals surface area (Å²) in [6.07, 6.45) is 5.35. The molecule has 2 aliphatic heterocycles. The van der Waals surface area contributed by atoms with Crippen LogP contribution in [0.25, 0.3) is 0 Å². The van der Waals surface area contributed by atoms with Crippen LogP contribution in [-0.2, 0) is 0 Å². The molecule has 1 atom stereocenters. The van der Waals surface area contributed by atoms with E-state index in [0.717, 1.165) is 30.2 Å². The van der Waals surface area contributed by atoms with E-state index in [4.69, 9.17) is 0 Å². The summed E-state index contributed by atoms with van der Waals surface area (Å²) < 4.78 is 0. The van der Waals surface area contributed by atoms with Gasteiger partial charge in [-0.2, -0.15) is 0 Å². The topological polar surface area (TPSA) is 41.1 Å². The van der Waals surface area contributed by atoms with Crippen LogP contribution in [0.5, 0.6) is 0 Å². The number of piperidine rings is 1. The molecule has 2 saturated heterocycles. The van der Waals surface area contributed by atoms with E-state index in [-0.39, 0.29) is 0 Å². The quantitative estimate of drug-likeness (QED) is 0.848. The molecule has 0 bridgehead atoms. The zero-order valence-electron chi connectivity index (χ0n) is 9.43. The average Bonchev–Trinajstić information content (AvgIpc) is 3.03. The second-order valence-electron chi connectivity index (χ2n) is 4.75. The van der Waals surface area contributed by atoms with Gasteiger partial charge in [0.05, 0.1) is 0 Å². The number of nitrogens with one attached hydrogen (secondary N) is 1. The Balaban J connectivity index is 1.55. The minimum Gasteiger partial charge on any atom is -0.347 e. The summed E-state index contributed by atoms with van der Waals surface area (Å²) in [5, 5.41) is 12.8. The minimum absolute atomic E-state index is 0.788. The number of nitrogens with zero attached hydrogens (tertiary/aromatic N) is 3. The Morgan fingerprint density at radius 3 is 2.81 bits per heavy atom. The molecule has 0 aromatic carbocycles. The highest BCUT2D eigenvalue weighted by Gasteiger charge is 2.28. The van der Waals surface area contributed by atoms with Gasteiger partial charge in [-0.05, 0) is 38.1 Å². The van der Waals surface area contributed by atoms with Gasteiger partial charge in [-0.25, -0.2) is 0 Å². The van der Waals surface area contributed by atoms with Crippen molar-refractivity contribution in [2.45, 2.75) is 31.7 Å². The highest BCUT2D eigenvalue weighted by molar-refractivity contribution is 7.13. The highest BCUT2D eigenvalue weighted by Crippen LogP contribution is 2.28. The Labute approximate surface area is 100 Å². The van der Waals surface area contributed by atoms with Crippen LogP contribution in [0.15, 0.2) is 5.51 Å². The maximum Gasteiger partial charge on any atom is 0.208 e. The molecule has 4 nitrogen and oxygen atoms in total. The standard InChI is InChI=1S/C11H18N4S/c1-2-10(12-5-1)9-3-6-15(7-4-9)11-14-13-8-16-11/h8-10,12H,1-7H2. The maximum absolute atomic E-state index is 4.14. The van der Waals surface area contributed by atoms with Crippen LogP contribution in [0.3, 0.4) is 0 Å². The Morgan fingerprint density at radius 2 is 2.19 bits per heavy atom. The first-order valence-corrected chi connectivity index (χ1v) is 7.06. The van der Waals surface area contributed by atoms with E-state index < -0.39 is 0 Å². The summed E-state index contributed by atoms with van der Waals surface area (Å²) >= 11 is 1.65. The van der Waals surface area contributed by atoms with E-state index in [1.165, 1.54) is 32.2 Å². The van der Waals surface area contributed by atoms with Crippen LogP contribution in [0, 0.1) is 5.92 Å². The molecule has 2 aliphatic rings. The van der Waals surface area contributed by atoms with Crippen LogP contribution in [0.4, 0.5) is 5.13 Å². The first-order valence-electron chi connectivity index (χ1n) is 6.18. The van der Waals surface area contributed by atoms with Crippen molar-refractivity contribution in [2.75, 3.05) is 24.5 Å².